The van der Waals surface area contributed by atoms with Crippen molar-refractivity contribution in [3.05, 3.63) is 61.2 Å². The Morgan fingerprint density at radius 3 is 2.67 bits per heavy atom. The Morgan fingerprint density at radius 1 is 1.33 bits per heavy atom. The van der Waals surface area contributed by atoms with Gasteiger partial charge < -0.3 is 14.7 Å². The van der Waals surface area contributed by atoms with Gasteiger partial charge in [0.25, 0.3) is 5.91 Å². The van der Waals surface area contributed by atoms with E-state index in [0.29, 0.717) is 5.56 Å². The van der Waals surface area contributed by atoms with Gasteiger partial charge in [0.15, 0.2) is 17.0 Å². The molecule has 2 heterocycles. The number of rotatable bonds is 11. The number of methoxy groups -OCH3 is 1. The molecular formula is C20H23FN5O6P. The van der Waals surface area contributed by atoms with Gasteiger partial charge in [-0.2, -0.15) is 0 Å². The summed E-state index contributed by atoms with van der Waals surface area (Å²) in [6, 6.07) is 8.51. The third-order valence-corrected chi connectivity index (χ3v) is 5.27. The molecule has 176 valence electrons. The van der Waals surface area contributed by atoms with Crippen LogP contribution in [0.5, 0.6) is 0 Å². The van der Waals surface area contributed by atoms with Crippen LogP contribution in [0.3, 0.4) is 0 Å². The normalized spacial score (nSPS) is 15.0. The summed E-state index contributed by atoms with van der Waals surface area (Å²) in [6.45, 7) is 3.11. The van der Waals surface area contributed by atoms with Crippen molar-refractivity contribution in [2.45, 2.75) is 18.5 Å². The molecule has 4 atom stereocenters. The van der Waals surface area contributed by atoms with Crippen LogP contribution in [-0.4, -0.2) is 67.9 Å². The number of nitrogens with zero attached hydrogens (tertiary/aromatic N) is 5. The van der Waals surface area contributed by atoms with Crippen molar-refractivity contribution in [1.82, 2.24) is 19.5 Å². The number of imidazole rings is 1. The van der Waals surface area contributed by atoms with Crippen LogP contribution in [-0.2, 0) is 13.8 Å². The smallest absolute Gasteiger partial charge is 0.317 e. The molecular weight excluding hydrogens is 456 g/mol. The zero-order valence-corrected chi connectivity index (χ0v) is 18.6. The number of hydrogen-bond donors (Lipinski definition) is 2. The number of amides is 1. The summed E-state index contributed by atoms with van der Waals surface area (Å²) < 4.78 is 37.5. The summed E-state index contributed by atoms with van der Waals surface area (Å²) in [5, 5.41) is 9.47. The number of benzene rings is 1. The Kier molecular flexibility index (Phi) is 8.37. The molecule has 3 rings (SSSR count). The Bertz CT molecular complexity index is 1130. The van der Waals surface area contributed by atoms with Gasteiger partial charge in [-0.05, 0) is 12.1 Å². The number of aliphatic hydroxyl groups is 1. The van der Waals surface area contributed by atoms with Crippen LogP contribution in [0.15, 0.2) is 55.6 Å². The molecule has 0 bridgehead atoms. The first-order valence-electron chi connectivity index (χ1n) is 9.75. The summed E-state index contributed by atoms with van der Waals surface area (Å²) in [5.41, 5.74) is 0.516. The summed E-state index contributed by atoms with van der Waals surface area (Å²) in [7, 11) is -2.37. The number of halogens is 1. The molecule has 0 radical (unpaired) electrons. The van der Waals surface area contributed by atoms with E-state index < -0.39 is 33.4 Å². The maximum atomic E-state index is 15.5. The third-order valence-electron chi connectivity index (χ3n) is 4.80. The molecule has 11 nitrogen and oxygen atoms in total. The van der Waals surface area contributed by atoms with Gasteiger partial charge in [-0.25, -0.2) is 19.3 Å². The van der Waals surface area contributed by atoms with Crippen molar-refractivity contribution in [3.63, 3.8) is 0 Å². The molecule has 0 aliphatic heterocycles. The van der Waals surface area contributed by atoms with E-state index in [9.17, 15) is 19.4 Å². The monoisotopic (exact) mass is 479 g/mol. The zero-order chi connectivity index (χ0) is 24.0. The van der Waals surface area contributed by atoms with E-state index in [2.05, 4.69) is 21.5 Å². The van der Waals surface area contributed by atoms with Gasteiger partial charge >= 0.3 is 8.25 Å². The molecule has 1 amide bonds. The van der Waals surface area contributed by atoms with Crippen molar-refractivity contribution in [1.29, 1.82) is 0 Å². The highest BCUT2D eigenvalue weighted by Gasteiger charge is 2.35. The second-order valence-corrected chi connectivity index (χ2v) is 7.54. The number of carbonyl (C=O) groups excluding carboxylic acids is 1. The number of anilines is 1. The number of hydrogen-bond acceptors (Lipinski definition) is 8. The van der Waals surface area contributed by atoms with E-state index in [4.69, 9.17) is 9.26 Å². The molecule has 0 fully saturated rings. The molecule has 33 heavy (non-hydrogen) atoms. The lowest BCUT2D eigenvalue weighted by atomic mass is 10.2. The molecule has 1 unspecified atom stereocenters. The number of aliphatic hydroxyl groups excluding tert-OH is 1. The predicted octanol–water partition coefficient (Wildman–Crippen LogP) is 1.90. The highest BCUT2D eigenvalue weighted by atomic mass is 31.1. The Balaban J connectivity index is 2.05. The first-order valence-corrected chi connectivity index (χ1v) is 11.0. The van der Waals surface area contributed by atoms with Crippen molar-refractivity contribution in [2.75, 3.05) is 25.2 Å². The van der Waals surface area contributed by atoms with Gasteiger partial charge in [0, 0.05) is 19.2 Å². The van der Waals surface area contributed by atoms with E-state index in [1.807, 2.05) is 0 Å². The SMILES string of the molecule is C=CCN(C(=O)c1ccccc1)c1ncnc2c1ncn2[C@H](F)[C@H](O[PH](=O)O)[C@@H](CO)OC. The number of alkyl halides is 1. The fourth-order valence-electron chi connectivity index (χ4n) is 3.25. The summed E-state index contributed by atoms with van der Waals surface area (Å²) >= 11 is 0. The average Bonchev–Trinajstić information content (AvgIpc) is 3.26. The molecule has 2 aromatic heterocycles. The summed E-state index contributed by atoms with van der Waals surface area (Å²) in [4.78, 5) is 36.0. The molecule has 2 N–H and O–H groups in total. The van der Waals surface area contributed by atoms with Crippen molar-refractivity contribution in [3.8, 4) is 0 Å². The van der Waals surface area contributed by atoms with E-state index >= 15 is 4.39 Å². The van der Waals surface area contributed by atoms with Crippen LogP contribution in [0.25, 0.3) is 11.2 Å². The van der Waals surface area contributed by atoms with Crippen molar-refractivity contribution >= 4 is 31.1 Å². The van der Waals surface area contributed by atoms with Crippen LogP contribution in [0, 0.1) is 0 Å². The Hall–Kier alpha value is -3.02. The van der Waals surface area contributed by atoms with Crippen LogP contribution in [0.4, 0.5) is 10.2 Å². The van der Waals surface area contributed by atoms with Crippen LogP contribution in [0.2, 0.25) is 0 Å². The lowest BCUT2D eigenvalue weighted by molar-refractivity contribution is -0.0772. The van der Waals surface area contributed by atoms with Gasteiger partial charge in [-0.3, -0.25) is 23.4 Å². The lowest BCUT2D eigenvalue weighted by Crippen LogP contribution is -2.38. The Morgan fingerprint density at radius 2 is 2.06 bits per heavy atom. The maximum Gasteiger partial charge on any atom is 0.317 e. The quantitative estimate of drug-likeness (QED) is 0.312. The van der Waals surface area contributed by atoms with Crippen LogP contribution < -0.4 is 4.90 Å². The number of fused-ring (bicyclic) bond motifs is 1. The first-order chi connectivity index (χ1) is 15.9. The second-order valence-electron chi connectivity index (χ2n) is 6.77. The average molecular weight is 479 g/mol. The van der Waals surface area contributed by atoms with Gasteiger partial charge in [0.05, 0.1) is 12.9 Å². The summed E-state index contributed by atoms with van der Waals surface area (Å²) in [6.07, 6.45) is -1.23. The fraction of sp³-hybridized carbons (Fsp3) is 0.300. The van der Waals surface area contributed by atoms with Crippen molar-refractivity contribution in [2.24, 2.45) is 0 Å². The van der Waals surface area contributed by atoms with Crippen LogP contribution in [0.1, 0.15) is 16.7 Å². The summed E-state index contributed by atoms with van der Waals surface area (Å²) in [5.74, 6) is -0.250. The van der Waals surface area contributed by atoms with E-state index in [-0.39, 0.29) is 29.4 Å². The maximum absolute atomic E-state index is 15.5. The van der Waals surface area contributed by atoms with E-state index in [0.717, 1.165) is 17.2 Å². The van der Waals surface area contributed by atoms with Gasteiger partial charge in [0.2, 0.25) is 6.30 Å². The fourth-order valence-corrected chi connectivity index (χ4v) is 3.74. The standard InChI is InChI=1S/C20H23FN5O6P/c1-3-9-25(20(28)13-7-5-4-6-8-13)18-15-19(23-11-22-18)26(12-24-15)17(21)16(32-33(29)30)14(10-27)31-2/h3-8,11-12,14,16-17,27,33H,1,9-10H2,2H3,(H,29,30)/t14-,16-,17+/m1/s1. The topological polar surface area (TPSA) is 140 Å². The molecule has 13 heteroatoms. The van der Waals surface area contributed by atoms with Crippen LogP contribution >= 0.6 is 8.25 Å². The van der Waals surface area contributed by atoms with Gasteiger partial charge in [-0.15, -0.1) is 6.58 Å². The number of carbonyl (C=O) groups is 1. The van der Waals surface area contributed by atoms with E-state index in [1.54, 1.807) is 30.3 Å². The molecule has 0 aliphatic carbocycles. The van der Waals surface area contributed by atoms with Gasteiger partial charge in [-0.1, -0.05) is 24.3 Å². The molecule has 0 saturated carbocycles. The van der Waals surface area contributed by atoms with Crippen molar-refractivity contribution < 1.29 is 33.0 Å². The molecule has 1 aromatic carbocycles. The van der Waals surface area contributed by atoms with E-state index in [1.165, 1.54) is 18.1 Å². The predicted molar refractivity (Wildman–Crippen MR) is 118 cm³/mol. The number of ether oxygens (including phenoxy) is 1. The highest BCUT2D eigenvalue weighted by molar-refractivity contribution is 7.32. The Labute approximate surface area is 189 Å². The minimum absolute atomic E-state index is 0.00132. The van der Waals surface area contributed by atoms with Gasteiger partial charge in [0.1, 0.15) is 18.5 Å². The highest BCUT2D eigenvalue weighted by Crippen LogP contribution is 2.32. The molecule has 0 spiro atoms. The largest absolute Gasteiger partial charge is 0.394 e. The second kappa shape index (κ2) is 11.2. The first kappa shape index (κ1) is 24.6. The third kappa shape index (κ3) is 5.32. The minimum Gasteiger partial charge on any atom is -0.394 e. The lowest BCUT2D eigenvalue weighted by Gasteiger charge is -2.27. The number of aromatic nitrogens is 4. The molecule has 0 saturated heterocycles. The molecule has 0 aliphatic rings. The molecule has 3 aromatic rings. The zero-order valence-electron chi connectivity index (χ0n) is 17.6. The minimum atomic E-state index is -3.57.